The van der Waals surface area contributed by atoms with Crippen molar-refractivity contribution in [3.8, 4) is 0 Å². The largest absolute Gasteiger partial charge is 0.366 e. The van der Waals surface area contributed by atoms with Crippen LogP contribution in [-0.2, 0) is 20.9 Å². The number of carbonyl (C=O) groups excluding carboxylic acids is 3. The number of imide groups is 1. The topological polar surface area (TPSA) is 69.7 Å². The molecule has 0 aliphatic carbocycles. The van der Waals surface area contributed by atoms with Crippen molar-refractivity contribution < 1.29 is 18.8 Å². The highest BCUT2D eigenvalue weighted by molar-refractivity contribution is 6.35. The van der Waals surface area contributed by atoms with Gasteiger partial charge in [-0.1, -0.05) is 30.3 Å². The molecule has 7 heteroatoms. The van der Waals surface area contributed by atoms with Gasteiger partial charge in [-0.25, -0.2) is 4.39 Å². The summed E-state index contributed by atoms with van der Waals surface area (Å²) in [4.78, 5) is 40.8. The molecule has 2 aromatic rings. The second-order valence-electron chi connectivity index (χ2n) is 7.46. The van der Waals surface area contributed by atoms with E-state index in [2.05, 4.69) is 5.32 Å². The molecule has 6 nitrogen and oxygen atoms in total. The number of hydrogen-bond donors (Lipinski definition) is 1. The number of amides is 3. The standard InChI is InChI=1S/C23H22FN3O3/c1-15(28)25-18-10-8-16(9-11-18)20-21(26-12-4-5-13-26)23(30)27(22(20)29)14-17-6-2-3-7-19(17)24/h2-3,6-11H,4-5,12-14H2,1H3,(H,25,28). The summed E-state index contributed by atoms with van der Waals surface area (Å²) in [5.41, 5.74) is 2.20. The first-order valence-electron chi connectivity index (χ1n) is 9.92. The molecule has 30 heavy (non-hydrogen) atoms. The van der Waals surface area contributed by atoms with Crippen molar-refractivity contribution in [2.75, 3.05) is 18.4 Å². The van der Waals surface area contributed by atoms with Crippen LogP contribution in [0.5, 0.6) is 0 Å². The van der Waals surface area contributed by atoms with Gasteiger partial charge in [0.05, 0.1) is 12.1 Å². The molecule has 2 heterocycles. The van der Waals surface area contributed by atoms with E-state index in [0.717, 1.165) is 17.7 Å². The van der Waals surface area contributed by atoms with Gasteiger partial charge in [-0.15, -0.1) is 0 Å². The second kappa shape index (κ2) is 8.10. The minimum Gasteiger partial charge on any atom is -0.366 e. The molecule has 3 amide bonds. The minimum atomic E-state index is -0.450. The maximum absolute atomic E-state index is 14.2. The lowest BCUT2D eigenvalue weighted by Gasteiger charge is -2.20. The zero-order chi connectivity index (χ0) is 21.3. The molecule has 154 valence electrons. The van der Waals surface area contributed by atoms with Crippen LogP contribution in [0.25, 0.3) is 5.57 Å². The molecule has 2 aliphatic rings. The summed E-state index contributed by atoms with van der Waals surface area (Å²) in [5, 5.41) is 2.69. The van der Waals surface area contributed by atoms with E-state index in [1.165, 1.54) is 13.0 Å². The smallest absolute Gasteiger partial charge is 0.278 e. The first kappa shape index (κ1) is 19.8. The number of likely N-dealkylation sites (tertiary alicyclic amines) is 1. The first-order valence-corrected chi connectivity index (χ1v) is 9.92. The molecule has 0 saturated carbocycles. The van der Waals surface area contributed by atoms with Gasteiger partial charge in [0, 0.05) is 31.3 Å². The summed E-state index contributed by atoms with van der Waals surface area (Å²) in [6.45, 7) is 2.71. The van der Waals surface area contributed by atoms with Crippen LogP contribution in [0, 0.1) is 5.82 Å². The molecule has 4 rings (SSSR count). The zero-order valence-corrected chi connectivity index (χ0v) is 16.7. The van der Waals surface area contributed by atoms with E-state index in [0.29, 0.717) is 41.2 Å². The van der Waals surface area contributed by atoms with Crippen LogP contribution in [0.15, 0.2) is 54.2 Å². The Balaban J connectivity index is 1.71. The molecule has 0 aromatic heterocycles. The number of halogens is 1. The highest BCUT2D eigenvalue weighted by Gasteiger charge is 2.42. The zero-order valence-electron chi connectivity index (χ0n) is 16.7. The van der Waals surface area contributed by atoms with Gasteiger partial charge < -0.3 is 10.2 Å². The van der Waals surface area contributed by atoms with Crippen LogP contribution in [-0.4, -0.2) is 40.6 Å². The van der Waals surface area contributed by atoms with Gasteiger partial charge in [0.2, 0.25) is 5.91 Å². The lowest BCUT2D eigenvalue weighted by molar-refractivity contribution is -0.138. The van der Waals surface area contributed by atoms with Crippen LogP contribution in [0.2, 0.25) is 0 Å². The second-order valence-corrected chi connectivity index (χ2v) is 7.46. The number of hydrogen-bond acceptors (Lipinski definition) is 4. The van der Waals surface area contributed by atoms with E-state index in [1.807, 2.05) is 4.90 Å². The Morgan fingerprint density at radius 2 is 1.67 bits per heavy atom. The predicted molar refractivity (Wildman–Crippen MR) is 110 cm³/mol. The molecule has 0 spiro atoms. The fourth-order valence-corrected chi connectivity index (χ4v) is 3.92. The van der Waals surface area contributed by atoms with Gasteiger partial charge in [0.15, 0.2) is 0 Å². The summed E-state index contributed by atoms with van der Waals surface area (Å²) in [6.07, 6.45) is 1.90. The monoisotopic (exact) mass is 407 g/mol. The summed E-state index contributed by atoms with van der Waals surface area (Å²) < 4.78 is 14.2. The number of benzene rings is 2. The Morgan fingerprint density at radius 1 is 1.00 bits per heavy atom. The van der Waals surface area contributed by atoms with E-state index in [-0.39, 0.29) is 12.5 Å². The Bertz CT molecular complexity index is 1040. The van der Waals surface area contributed by atoms with Gasteiger partial charge in [-0.3, -0.25) is 19.3 Å². The number of rotatable bonds is 5. The third-order valence-corrected chi connectivity index (χ3v) is 5.35. The van der Waals surface area contributed by atoms with E-state index in [9.17, 15) is 18.8 Å². The molecule has 1 saturated heterocycles. The number of nitrogens with one attached hydrogen (secondary N) is 1. The lowest BCUT2D eigenvalue weighted by Crippen LogP contribution is -2.34. The van der Waals surface area contributed by atoms with Crippen LogP contribution < -0.4 is 5.32 Å². The Morgan fingerprint density at radius 3 is 2.30 bits per heavy atom. The molecule has 0 unspecified atom stereocenters. The van der Waals surface area contributed by atoms with Crippen molar-refractivity contribution in [2.24, 2.45) is 0 Å². The molecular weight excluding hydrogens is 385 g/mol. The first-order chi connectivity index (χ1) is 14.5. The third-order valence-electron chi connectivity index (χ3n) is 5.35. The Kier molecular flexibility index (Phi) is 5.35. The molecule has 1 fully saturated rings. The van der Waals surface area contributed by atoms with Crippen molar-refractivity contribution in [2.45, 2.75) is 26.3 Å². The van der Waals surface area contributed by atoms with Crippen LogP contribution in [0.1, 0.15) is 30.9 Å². The Hall–Kier alpha value is -3.48. The minimum absolute atomic E-state index is 0.116. The number of carbonyl (C=O) groups is 3. The number of anilines is 1. The van der Waals surface area contributed by atoms with E-state index < -0.39 is 17.6 Å². The summed E-state index contributed by atoms with van der Waals surface area (Å²) in [6, 6.07) is 13.0. The van der Waals surface area contributed by atoms with Crippen LogP contribution in [0.4, 0.5) is 10.1 Å². The average molecular weight is 407 g/mol. The van der Waals surface area contributed by atoms with E-state index >= 15 is 0 Å². The predicted octanol–water partition coefficient (Wildman–Crippen LogP) is 3.16. The highest BCUT2D eigenvalue weighted by atomic mass is 19.1. The number of nitrogens with zero attached hydrogens (tertiary/aromatic N) is 2. The SMILES string of the molecule is CC(=O)Nc1ccc(C2=C(N3CCCC3)C(=O)N(Cc3ccccc3F)C2=O)cc1. The van der Waals surface area contributed by atoms with Crippen molar-refractivity contribution in [1.29, 1.82) is 0 Å². The fraction of sp³-hybridized carbons (Fsp3) is 0.261. The molecular formula is C23H22FN3O3. The van der Waals surface area contributed by atoms with Crippen molar-refractivity contribution in [3.05, 3.63) is 71.2 Å². The summed E-state index contributed by atoms with van der Waals surface area (Å²) >= 11 is 0. The summed E-state index contributed by atoms with van der Waals surface area (Å²) in [5.74, 6) is -1.47. The maximum Gasteiger partial charge on any atom is 0.278 e. The molecule has 1 N–H and O–H groups in total. The van der Waals surface area contributed by atoms with Crippen molar-refractivity contribution >= 4 is 29.0 Å². The molecule has 0 bridgehead atoms. The maximum atomic E-state index is 14.2. The van der Waals surface area contributed by atoms with Gasteiger partial charge >= 0.3 is 0 Å². The molecule has 2 aliphatic heterocycles. The molecule has 2 aromatic carbocycles. The fourth-order valence-electron chi connectivity index (χ4n) is 3.92. The molecule has 0 atom stereocenters. The van der Waals surface area contributed by atoms with Gasteiger partial charge in [0.25, 0.3) is 11.8 Å². The van der Waals surface area contributed by atoms with Crippen LogP contribution in [0.3, 0.4) is 0 Å². The lowest BCUT2D eigenvalue weighted by atomic mass is 10.0. The quantitative estimate of drug-likeness (QED) is 0.773. The third kappa shape index (κ3) is 3.70. The average Bonchev–Trinajstić information content (AvgIpc) is 3.32. The van der Waals surface area contributed by atoms with Crippen LogP contribution >= 0.6 is 0 Å². The van der Waals surface area contributed by atoms with Gasteiger partial charge in [0.1, 0.15) is 11.5 Å². The molecule has 0 radical (unpaired) electrons. The highest BCUT2D eigenvalue weighted by Crippen LogP contribution is 2.34. The van der Waals surface area contributed by atoms with E-state index in [1.54, 1.807) is 42.5 Å². The van der Waals surface area contributed by atoms with Crippen molar-refractivity contribution in [3.63, 3.8) is 0 Å². The normalized spacial score (nSPS) is 16.6. The van der Waals surface area contributed by atoms with E-state index in [4.69, 9.17) is 0 Å². The Labute approximate surface area is 174 Å². The van der Waals surface area contributed by atoms with Crippen molar-refractivity contribution in [1.82, 2.24) is 9.80 Å². The van der Waals surface area contributed by atoms with Gasteiger partial charge in [-0.2, -0.15) is 0 Å². The summed E-state index contributed by atoms with van der Waals surface area (Å²) in [7, 11) is 0. The van der Waals surface area contributed by atoms with Gasteiger partial charge in [-0.05, 0) is 36.6 Å².